The van der Waals surface area contributed by atoms with Crippen LogP contribution in [0.5, 0.6) is 0 Å². The molecular weight excluding hydrogens is 263 g/mol. The second-order valence-corrected chi connectivity index (χ2v) is 1.80. The van der Waals surface area contributed by atoms with Crippen molar-refractivity contribution in [3.05, 3.63) is 0 Å². The SMILES string of the molecule is O[Si](O)(O)O.[AlH3].[BaH2].[LiH]. The van der Waals surface area contributed by atoms with E-state index in [9.17, 15) is 0 Å². The van der Waals surface area contributed by atoms with Gasteiger partial charge in [-0.2, -0.15) is 0 Å². The summed E-state index contributed by atoms with van der Waals surface area (Å²) in [6.45, 7) is 0. The maximum absolute atomic E-state index is 7.33. The molecule has 8 heteroatoms. The molecule has 0 aliphatic heterocycles. The van der Waals surface area contributed by atoms with Crippen LogP contribution in [0.1, 0.15) is 0 Å². The van der Waals surface area contributed by atoms with E-state index in [-0.39, 0.29) is 85.1 Å². The standard InChI is InChI=1S/Al.Ba.Li.H4O4Si.6H/c;;;1-5(2,3)4;;;;;;/h;;;1-4H;;;;;;. The summed E-state index contributed by atoms with van der Waals surface area (Å²) in [7, 11) is -4.61. The van der Waals surface area contributed by atoms with Gasteiger partial charge in [-0.15, -0.1) is 0 Å². The summed E-state index contributed by atoms with van der Waals surface area (Å²) in [5, 5.41) is 0. The molecule has 44 valence electrons. The molecule has 0 aromatic rings. The van der Waals surface area contributed by atoms with Crippen molar-refractivity contribution in [3.63, 3.8) is 0 Å². The summed E-state index contributed by atoms with van der Waals surface area (Å²) < 4.78 is 0. The first-order valence-corrected chi connectivity index (χ1v) is 2.68. The molecule has 0 unspecified atom stereocenters. The topological polar surface area (TPSA) is 80.9 Å². The van der Waals surface area contributed by atoms with E-state index in [0.717, 1.165) is 0 Å². The van der Waals surface area contributed by atoms with Crippen LogP contribution >= 0.6 is 0 Å². The predicted octanol–water partition coefficient (Wildman–Crippen LogP) is -5.36. The maximum atomic E-state index is 7.33. The Kier molecular flexibility index (Phi) is 27.4. The van der Waals surface area contributed by atoms with Gasteiger partial charge in [0.1, 0.15) is 0 Å². The first kappa shape index (κ1) is 22.4. The van der Waals surface area contributed by atoms with Crippen LogP contribution in [0.15, 0.2) is 0 Å². The number of hydrogen-bond acceptors (Lipinski definition) is 4. The van der Waals surface area contributed by atoms with E-state index in [0.29, 0.717) is 0 Å². The van der Waals surface area contributed by atoms with Crippen molar-refractivity contribution in [2.45, 2.75) is 0 Å². The zero-order valence-corrected chi connectivity index (χ0v) is 3.29. The second kappa shape index (κ2) is 9.76. The van der Waals surface area contributed by atoms with Crippen molar-refractivity contribution >= 4 is 94.2 Å². The Morgan fingerprint density at radius 3 is 0.875 bits per heavy atom. The molecule has 0 fully saturated rings. The average molecular weight is 273 g/mol. The van der Waals surface area contributed by atoms with E-state index in [1.807, 2.05) is 0 Å². The number of hydrogen-bond donors (Lipinski definition) is 4. The van der Waals surface area contributed by atoms with E-state index in [1.165, 1.54) is 0 Å². The molecule has 0 saturated carbocycles. The zero-order chi connectivity index (χ0) is 4.50. The van der Waals surface area contributed by atoms with Crippen LogP contribution in [0.2, 0.25) is 0 Å². The minimum atomic E-state index is -4.61. The Morgan fingerprint density at radius 2 is 0.875 bits per heavy atom. The molecule has 4 nitrogen and oxygen atoms in total. The van der Waals surface area contributed by atoms with Gasteiger partial charge in [-0.05, 0) is 0 Å². The van der Waals surface area contributed by atoms with E-state index in [1.54, 1.807) is 0 Å². The molecule has 4 N–H and O–H groups in total. The van der Waals surface area contributed by atoms with Gasteiger partial charge < -0.3 is 19.2 Å². The third-order valence-corrected chi connectivity index (χ3v) is 0. The second-order valence-electron chi connectivity index (χ2n) is 0.600. The number of rotatable bonds is 0. The monoisotopic (exact) mass is 274 g/mol. The van der Waals surface area contributed by atoms with E-state index >= 15 is 0 Å². The molecule has 0 saturated heterocycles. The van der Waals surface area contributed by atoms with Crippen molar-refractivity contribution < 1.29 is 19.2 Å². The van der Waals surface area contributed by atoms with Gasteiger partial charge in [-0.1, -0.05) is 0 Å². The van der Waals surface area contributed by atoms with Crippen LogP contribution in [0.4, 0.5) is 0 Å². The van der Waals surface area contributed by atoms with Gasteiger partial charge in [0.2, 0.25) is 0 Å². The van der Waals surface area contributed by atoms with Gasteiger partial charge in [-0.3, -0.25) is 0 Å². The summed E-state index contributed by atoms with van der Waals surface area (Å²) in [4.78, 5) is 29.3. The van der Waals surface area contributed by atoms with Crippen molar-refractivity contribution in [3.8, 4) is 0 Å². The Labute approximate surface area is 111 Å². The quantitative estimate of drug-likeness (QED) is 0.332. The van der Waals surface area contributed by atoms with Gasteiger partial charge >= 0.3 is 76.8 Å². The summed E-state index contributed by atoms with van der Waals surface area (Å²) in [6.07, 6.45) is 0. The molecular formula is H10AlBaLiO4Si. The molecule has 8 heavy (non-hydrogen) atoms. The normalized spacial score (nSPS) is 7.50. The molecule has 0 aliphatic rings. The third kappa shape index (κ3) is 69.3. The fourth-order valence-electron chi connectivity index (χ4n) is 0. The Morgan fingerprint density at radius 1 is 0.875 bits per heavy atom. The fraction of sp³-hybridized carbons (Fsp3) is 0. The van der Waals surface area contributed by atoms with Crippen molar-refractivity contribution in [2.24, 2.45) is 0 Å². The molecule has 0 bridgehead atoms. The summed E-state index contributed by atoms with van der Waals surface area (Å²) in [5.74, 6) is 0. The summed E-state index contributed by atoms with van der Waals surface area (Å²) in [5.41, 5.74) is 0. The molecule has 0 aromatic heterocycles. The molecule has 0 radical (unpaired) electrons. The van der Waals surface area contributed by atoms with Gasteiger partial charge in [0.15, 0.2) is 17.4 Å². The minimum absolute atomic E-state index is 0. The van der Waals surface area contributed by atoms with E-state index in [2.05, 4.69) is 0 Å². The van der Waals surface area contributed by atoms with Crippen LogP contribution in [0, 0.1) is 0 Å². The fourth-order valence-corrected chi connectivity index (χ4v) is 0. The van der Waals surface area contributed by atoms with E-state index in [4.69, 9.17) is 19.2 Å². The van der Waals surface area contributed by atoms with Gasteiger partial charge in [0.05, 0.1) is 0 Å². The Balaban J connectivity index is -0.0000000267. The molecule has 0 aromatic carbocycles. The van der Waals surface area contributed by atoms with Crippen LogP contribution in [-0.2, 0) is 0 Å². The summed E-state index contributed by atoms with van der Waals surface area (Å²) >= 11 is 0. The van der Waals surface area contributed by atoms with Gasteiger partial charge in [0.25, 0.3) is 0 Å². The van der Waals surface area contributed by atoms with Gasteiger partial charge in [0, 0.05) is 0 Å². The average Bonchev–Trinajstić information content (AvgIpc) is 0.722. The van der Waals surface area contributed by atoms with Crippen LogP contribution in [0.3, 0.4) is 0 Å². The first-order chi connectivity index (χ1) is 2.00. The molecule has 0 aliphatic carbocycles. The van der Waals surface area contributed by atoms with Crippen molar-refractivity contribution in [1.29, 1.82) is 0 Å². The molecule has 0 amide bonds. The Bertz CT molecular complexity index is 31.5. The third-order valence-electron chi connectivity index (χ3n) is 0. The van der Waals surface area contributed by atoms with Crippen molar-refractivity contribution in [1.82, 2.24) is 0 Å². The first-order valence-electron chi connectivity index (χ1n) is 0.894. The molecule has 0 atom stereocenters. The zero-order valence-electron chi connectivity index (χ0n) is 2.29. The van der Waals surface area contributed by atoms with Crippen molar-refractivity contribution in [2.75, 3.05) is 0 Å². The van der Waals surface area contributed by atoms with Crippen LogP contribution in [-0.4, -0.2) is 113 Å². The molecule has 0 rings (SSSR count). The van der Waals surface area contributed by atoms with Gasteiger partial charge in [-0.25, -0.2) is 0 Å². The Hall–Kier alpha value is 2.76. The van der Waals surface area contributed by atoms with Crippen LogP contribution < -0.4 is 0 Å². The predicted molar refractivity (Wildman–Crippen MR) is 40.3 cm³/mol. The van der Waals surface area contributed by atoms with E-state index < -0.39 is 9.05 Å². The van der Waals surface area contributed by atoms with Crippen LogP contribution in [0.25, 0.3) is 0 Å². The summed E-state index contributed by atoms with van der Waals surface area (Å²) in [6, 6.07) is 0. The molecule has 0 spiro atoms. The molecule has 0 heterocycles.